The van der Waals surface area contributed by atoms with Crippen molar-refractivity contribution in [3.63, 3.8) is 0 Å². The van der Waals surface area contributed by atoms with Gasteiger partial charge in [0.2, 0.25) is 0 Å². The number of carbonyl (C=O) groups is 2. The zero-order valence-electron chi connectivity index (χ0n) is 13.8. The number of hydrogen-bond acceptors (Lipinski definition) is 6. The summed E-state index contributed by atoms with van der Waals surface area (Å²) in [5.41, 5.74) is 2.74. The minimum Gasteiger partial charge on any atom is -0.466 e. The summed E-state index contributed by atoms with van der Waals surface area (Å²) in [7, 11) is 1.31. The van der Waals surface area contributed by atoms with E-state index in [9.17, 15) is 9.59 Å². The predicted molar refractivity (Wildman–Crippen MR) is 89.2 cm³/mol. The second-order valence-corrected chi connectivity index (χ2v) is 5.61. The summed E-state index contributed by atoms with van der Waals surface area (Å²) in [6, 6.07) is 3.52. The van der Waals surface area contributed by atoms with Gasteiger partial charge in [-0.15, -0.1) is 11.6 Å². The van der Waals surface area contributed by atoms with E-state index in [1.165, 1.54) is 7.11 Å². The average molecular weight is 351 g/mol. The smallest absolute Gasteiger partial charge is 0.336 e. The molecule has 0 aliphatic carbocycles. The number of rotatable bonds is 5. The maximum absolute atomic E-state index is 12.5. The number of nitrogens with zero attached hydrogens (tertiary/aromatic N) is 1. The van der Waals surface area contributed by atoms with Crippen LogP contribution in [-0.4, -0.2) is 36.5 Å². The maximum atomic E-state index is 12.5. The van der Waals surface area contributed by atoms with Crippen molar-refractivity contribution in [3.8, 4) is 0 Å². The Morgan fingerprint density at radius 1 is 1.17 bits per heavy atom. The molecule has 0 fully saturated rings. The number of dihydropyridines is 1. The van der Waals surface area contributed by atoms with Gasteiger partial charge in [-0.3, -0.25) is 4.98 Å². The van der Waals surface area contributed by atoms with Gasteiger partial charge < -0.3 is 14.8 Å². The van der Waals surface area contributed by atoms with Crippen LogP contribution >= 0.6 is 11.6 Å². The van der Waals surface area contributed by atoms with E-state index < -0.39 is 17.9 Å². The lowest BCUT2D eigenvalue weighted by atomic mass is 9.81. The Morgan fingerprint density at radius 2 is 1.75 bits per heavy atom. The molecular formula is C17H19ClN2O4. The van der Waals surface area contributed by atoms with Gasteiger partial charge in [0.25, 0.3) is 0 Å². The molecule has 6 nitrogen and oxygen atoms in total. The normalized spacial score (nSPS) is 17.4. The molecule has 24 heavy (non-hydrogen) atoms. The van der Waals surface area contributed by atoms with Crippen LogP contribution in [0.4, 0.5) is 0 Å². The standard InChI is InChI=1S/C17H19ClN2O4/c1-10-13(16(21)23-3)15(12-4-7-19-8-5-12)14(11(2)20-10)17(22)24-9-6-18/h4-5,7-8,15,20H,6,9H2,1-3H3. The van der Waals surface area contributed by atoms with Crippen LogP contribution in [0.3, 0.4) is 0 Å². The summed E-state index contributed by atoms with van der Waals surface area (Å²) in [5.74, 6) is -1.41. The van der Waals surface area contributed by atoms with Gasteiger partial charge in [-0.2, -0.15) is 0 Å². The molecule has 0 saturated heterocycles. The lowest BCUT2D eigenvalue weighted by molar-refractivity contribution is -0.139. The van der Waals surface area contributed by atoms with E-state index in [0.717, 1.165) is 5.56 Å². The van der Waals surface area contributed by atoms with Crippen molar-refractivity contribution >= 4 is 23.5 Å². The molecule has 0 amide bonds. The molecule has 2 heterocycles. The highest BCUT2D eigenvalue weighted by Crippen LogP contribution is 2.38. The van der Waals surface area contributed by atoms with Gasteiger partial charge in [-0.25, -0.2) is 9.59 Å². The number of hydrogen-bond donors (Lipinski definition) is 1. The van der Waals surface area contributed by atoms with Crippen LogP contribution in [0.5, 0.6) is 0 Å². The van der Waals surface area contributed by atoms with Gasteiger partial charge in [0, 0.05) is 23.8 Å². The molecular weight excluding hydrogens is 332 g/mol. The second kappa shape index (κ2) is 7.97. The molecule has 1 aromatic rings. The van der Waals surface area contributed by atoms with Crippen molar-refractivity contribution < 1.29 is 19.1 Å². The fourth-order valence-corrected chi connectivity index (χ4v) is 2.82. The predicted octanol–water partition coefficient (Wildman–Crippen LogP) is 2.27. The molecule has 1 N–H and O–H groups in total. The summed E-state index contributed by atoms with van der Waals surface area (Å²) in [4.78, 5) is 28.9. The summed E-state index contributed by atoms with van der Waals surface area (Å²) < 4.78 is 10.1. The monoisotopic (exact) mass is 350 g/mol. The minimum atomic E-state index is -0.593. The molecule has 0 radical (unpaired) electrons. The van der Waals surface area contributed by atoms with Crippen LogP contribution in [0.25, 0.3) is 0 Å². The number of nitrogens with one attached hydrogen (secondary N) is 1. The highest BCUT2D eigenvalue weighted by atomic mass is 35.5. The van der Waals surface area contributed by atoms with E-state index in [0.29, 0.717) is 22.5 Å². The third-order valence-electron chi connectivity index (χ3n) is 3.74. The third kappa shape index (κ3) is 3.59. The van der Waals surface area contributed by atoms with Gasteiger partial charge in [0.15, 0.2) is 0 Å². The highest BCUT2D eigenvalue weighted by Gasteiger charge is 2.37. The van der Waals surface area contributed by atoms with Crippen molar-refractivity contribution in [2.75, 3.05) is 19.6 Å². The van der Waals surface area contributed by atoms with Crippen molar-refractivity contribution in [2.24, 2.45) is 0 Å². The molecule has 2 rings (SSSR count). The first-order valence-electron chi connectivity index (χ1n) is 7.41. The van der Waals surface area contributed by atoms with Crippen LogP contribution in [0.15, 0.2) is 47.1 Å². The number of methoxy groups -OCH3 is 1. The number of alkyl halides is 1. The lowest BCUT2D eigenvalue weighted by Gasteiger charge is -2.30. The quantitative estimate of drug-likeness (QED) is 0.648. The summed E-state index contributed by atoms with van der Waals surface area (Å²) in [6.45, 7) is 3.63. The Morgan fingerprint density at radius 3 is 2.29 bits per heavy atom. The van der Waals surface area contributed by atoms with Crippen molar-refractivity contribution in [3.05, 3.63) is 52.6 Å². The lowest BCUT2D eigenvalue weighted by Crippen LogP contribution is -2.32. The third-order valence-corrected chi connectivity index (χ3v) is 3.89. The molecule has 128 valence electrons. The number of aromatic nitrogens is 1. The highest BCUT2D eigenvalue weighted by molar-refractivity contribution is 6.18. The Hall–Kier alpha value is -2.34. The van der Waals surface area contributed by atoms with E-state index in [-0.39, 0.29) is 12.5 Å². The molecule has 1 unspecified atom stereocenters. The van der Waals surface area contributed by atoms with E-state index in [4.69, 9.17) is 21.1 Å². The molecule has 0 saturated carbocycles. The van der Waals surface area contributed by atoms with E-state index >= 15 is 0 Å². The topological polar surface area (TPSA) is 77.5 Å². The number of ether oxygens (including phenoxy) is 2. The fourth-order valence-electron chi connectivity index (χ4n) is 2.74. The number of esters is 2. The number of halogens is 1. The average Bonchev–Trinajstić information content (AvgIpc) is 2.59. The zero-order chi connectivity index (χ0) is 17.7. The van der Waals surface area contributed by atoms with Gasteiger partial charge in [0.1, 0.15) is 6.61 Å². The molecule has 0 aromatic carbocycles. The minimum absolute atomic E-state index is 0.0937. The zero-order valence-corrected chi connectivity index (χ0v) is 14.5. The Balaban J connectivity index is 2.56. The summed E-state index contributed by atoms with van der Waals surface area (Å²) in [6.07, 6.45) is 3.22. The van der Waals surface area contributed by atoms with Crippen LogP contribution in [-0.2, 0) is 19.1 Å². The van der Waals surface area contributed by atoms with Gasteiger partial charge in [-0.05, 0) is 31.5 Å². The Bertz CT molecular complexity index is 698. The molecule has 0 spiro atoms. The number of pyridine rings is 1. The SMILES string of the molecule is COC(=O)C1=C(C)NC(C)=C(C(=O)OCCCl)C1c1ccncc1. The first-order valence-corrected chi connectivity index (χ1v) is 7.94. The van der Waals surface area contributed by atoms with E-state index in [2.05, 4.69) is 10.3 Å². The second-order valence-electron chi connectivity index (χ2n) is 5.23. The molecule has 0 bridgehead atoms. The summed E-state index contributed by atoms with van der Waals surface area (Å²) in [5, 5.41) is 3.06. The first kappa shape index (κ1) is 18.0. The molecule has 7 heteroatoms. The van der Waals surface area contributed by atoms with Crippen LogP contribution < -0.4 is 5.32 Å². The summed E-state index contributed by atoms with van der Waals surface area (Å²) >= 11 is 5.60. The van der Waals surface area contributed by atoms with Gasteiger partial charge in [-0.1, -0.05) is 0 Å². The van der Waals surface area contributed by atoms with Crippen LogP contribution in [0, 0.1) is 0 Å². The van der Waals surface area contributed by atoms with Crippen LogP contribution in [0.2, 0.25) is 0 Å². The van der Waals surface area contributed by atoms with Crippen molar-refractivity contribution in [1.82, 2.24) is 10.3 Å². The van der Waals surface area contributed by atoms with E-state index in [1.54, 1.807) is 38.4 Å². The first-order chi connectivity index (χ1) is 11.5. The van der Waals surface area contributed by atoms with Gasteiger partial charge >= 0.3 is 11.9 Å². The fraction of sp³-hybridized carbons (Fsp3) is 0.353. The number of allylic oxidation sites excluding steroid dienone is 2. The van der Waals surface area contributed by atoms with Crippen molar-refractivity contribution in [1.29, 1.82) is 0 Å². The molecule has 1 aliphatic heterocycles. The maximum Gasteiger partial charge on any atom is 0.336 e. The molecule has 1 atom stereocenters. The molecule has 1 aromatic heterocycles. The van der Waals surface area contributed by atoms with Crippen LogP contribution in [0.1, 0.15) is 25.3 Å². The number of carbonyl (C=O) groups excluding carboxylic acids is 2. The largest absolute Gasteiger partial charge is 0.466 e. The van der Waals surface area contributed by atoms with Gasteiger partial charge in [0.05, 0.1) is 30.1 Å². The molecule has 1 aliphatic rings. The Labute approximate surface area is 145 Å². The van der Waals surface area contributed by atoms with Crippen molar-refractivity contribution in [2.45, 2.75) is 19.8 Å². The Kier molecular flexibility index (Phi) is 5.98. The van der Waals surface area contributed by atoms with E-state index in [1.807, 2.05) is 0 Å².